The zero-order valence-electron chi connectivity index (χ0n) is 10.9. The van der Waals surface area contributed by atoms with Crippen LogP contribution in [0.4, 0.5) is 0 Å². The van der Waals surface area contributed by atoms with Gasteiger partial charge in [0.1, 0.15) is 0 Å². The zero-order valence-corrected chi connectivity index (χ0v) is 14.1. The monoisotopic (exact) mass is 380 g/mol. The fourth-order valence-corrected chi connectivity index (χ4v) is 3.05. The molecule has 0 heterocycles. The van der Waals surface area contributed by atoms with Crippen LogP contribution >= 0.6 is 31.9 Å². The molecule has 1 aromatic rings. The molecule has 0 fully saturated rings. The van der Waals surface area contributed by atoms with Gasteiger partial charge in [-0.15, -0.1) is 0 Å². The maximum Gasteiger partial charge on any atom is 0.205 e. The molecule has 0 radical (unpaired) electrons. The van der Waals surface area contributed by atoms with Crippen LogP contribution in [0.5, 0.6) is 17.2 Å². The normalized spacial score (nSPS) is 10.3. The first-order valence-corrected chi connectivity index (χ1v) is 7.47. The Morgan fingerprint density at radius 2 is 1.50 bits per heavy atom. The lowest BCUT2D eigenvalue weighted by Gasteiger charge is -2.16. The maximum absolute atomic E-state index is 5.80. The first kappa shape index (κ1) is 15.6. The number of methoxy groups -OCH3 is 2. The molecule has 0 aromatic heterocycles. The summed E-state index contributed by atoms with van der Waals surface area (Å²) in [6, 6.07) is 1.89. The third kappa shape index (κ3) is 3.79. The topological polar surface area (TPSA) is 27.7 Å². The second kappa shape index (κ2) is 7.89. The summed E-state index contributed by atoms with van der Waals surface area (Å²) in [5.41, 5.74) is 0. The Balaban J connectivity index is 2.97. The van der Waals surface area contributed by atoms with Gasteiger partial charge in [-0.3, -0.25) is 0 Å². The van der Waals surface area contributed by atoms with Crippen LogP contribution in [0, 0.1) is 0 Å². The Morgan fingerprint density at radius 3 is 1.94 bits per heavy atom. The van der Waals surface area contributed by atoms with Crippen molar-refractivity contribution in [3.05, 3.63) is 15.0 Å². The molecule has 0 saturated heterocycles. The third-order valence-electron chi connectivity index (χ3n) is 2.50. The van der Waals surface area contributed by atoms with Crippen molar-refractivity contribution in [1.82, 2.24) is 0 Å². The maximum atomic E-state index is 5.80. The zero-order chi connectivity index (χ0) is 13.5. The molecule has 0 unspecified atom stereocenters. The second-order valence-corrected chi connectivity index (χ2v) is 5.50. The fraction of sp³-hybridized carbons (Fsp3) is 0.538. The minimum atomic E-state index is 0.636. The Bertz CT molecular complexity index is 366. The van der Waals surface area contributed by atoms with E-state index in [0.717, 1.165) is 21.8 Å². The molecule has 0 aliphatic heterocycles. The van der Waals surface area contributed by atoms with Crippen LogP contribution in [0.1, 0.15) is 26.2 Å². The van der Waals surface area contributed by atoms with Crippen LogP contribution in [-0.2, 0) is 0 Å². The number of hydrogen-bond donors (Lipinski definition) is 0. The molecule has 1 rings (SSSR count). The predicted octanol–water partition coefficient (Wildman–Crippen LogP) is 4.80. The molecular weight excluding hydrogens is 364 g/mol. The molecule has 0 aliphatic carbocycles. The molecule has 0 aliphatic rings. The summed E-state index contributed by atoms with van der Waals surface area (Å²) < 4.78 is 18.2. The average Bonchev–Trinajstić information content (AvgIpc) is 2.34. The number of ether oxygens (including phenoxy) is 3. The van der Waals surface area contributed by atoms with Gasteiger partial charge in [0, 0.05) is 0 Å². The first-order valence-electron chi connectivity index (χ1n) is 5.88. The Labute approximate surface area is 125 Å². The van der Waals surface area contributed by atoms with Crippen molar-refractivity contribution < 1.29 is 14.2 Å². The van der Waals surface area contributed by atoms with E-state index in [1.165, 1.54) is 6.42 Å². The minimum Gasteiger partial charge on any atom is -0.492 e. The summed E-state index contributed by atoms with van der Waals surface area (Å²) in [6.45, 7) is 2.82. The summed E-state index contributed by atoms with van der Waals surface area (Å²) in [6.07, 6.45) is 3.34. The molecule has 0 bridgehead atoms. The number of halogens is 2. The highest BCUT2D eigenvalue weighted by atomic mass is 79.9. The average molecular weight is 382 g/mol. The van der Waals surface area contributed by atoms with Gasteiger partial charge in [0.15, 0.2) is 11.5 Å². The van der Waals surface area contributed by atoms with Crippen LogP contribution in [0.25, 0.3) is 0 Å². The van der Waals surface area contributed by atoms with E-state index in [1.807, 2.05) is 6.07 Å². The van der Waals surface area contributed by atoms with Crippen LogP contribution in [-0.4, -0.2) is 20.8 Å². The summed E-state index contributed by atoms with van der Waals surface area (Å²) in [5.74, 6) is 1.95. The van der Waals surface area contributed by atoms with Gasteiger partial charge in [-0.1, -0.05) is 19.8 Å². The van der Waals surface area contributed by atoms with E-state index in [4.69, 9.17) is 14.2 Å². The lowest BCUT2D eigenvalue weighted by atomic mass is 10.2. The predicted molar refractivity (Wildman–Crippen MR) is 80.0 cm³/mol. The van der Waals surface area contributed by atoms with Crippen molar-refractivity contribution in [2.75, 3.05) is 20.8 Å². The number of unbranched alkanes of at least 4 members (excludes halogenated alkanes) is 2. The van der Waals surface area contributed by atoms with Gasteiger partial charge < -0.3 is 14.2 Å². The summed E-state index contributed by atoms with van der Waals surface area (Å²) >= 11 is 6.91. The molecule has 1 aromatic carbocycles. The Kier molecular flexibility index (Phi) is 6.86. The lowest BCUT2D eigenvalue weighted by Crippen LogP contribution is -2.02. The van der Waals surface area contributed by atoms with Crippen molar-refractivity contribution in [2.45, 2.75) is 26.2 Å². The Morgan fingerprint density at radius 1 is 0.944 bits per heavy atom. The van der Waals surface area contributed by atoms with Gasteiger partial charge >= 0.3 is 0 Å². The molecular formula is C13H18Br2O3. The van der Waals surface area contributed by atoms with Crippen LogP contribution in [0.2, 0.25) is 0 Å². The van der Waals surface area contributed by atoms with E-state index in [-0.39, 0.29) is 0 Å². The van der Waals surface area contributed by atoms with E-state index < -0.39 is 0 Å². The molecule has 18 heavy (non-hydrogen) atoms. The van der Waals surface area contributed by atoms with E-state index in [1.54, 1.807) is 14.2 Å². The van der Waals surface area contributed by atoms with Crippen molar-refractivity contribution in [1.29, 1.82) is 0 Å². The van der Waals surface area contributed by atoms with E-state index in [2.05, 4.69) is 38.8 Å². The van der Waals surface area contributed by atoms with Crippen molar-refractivity contribution in [2.24, 2.45) is 0 Å². The molecule has 0 atom stereocenters. The third-order valence-corrected chi connectivity index (χ3v) is 3.68. The molecule has 0 N–H and O–H groups in total. The smallest absolute Gasteiger partial charge is 0.205 e. The van der Waals surface area contributed by atoms with Crippen LogP contribution in [0.3, 0.4) is 0 Å². The van der Waals surface area contributed by atoms with Crippen molar-refractivity contribution in [3.63, 3.8) is 0 Å². The van der Waals surface area contributed by atoms with Crippen LogP contribution < -0.4 is 14.2 Å². The molecule has 0 spiro atoms. The SMILES string of the molecule is CCCCCOc1c(OC)c(Br)cc(Br)c1OC. The van der Waals surface area contributed by atoms with Gasteiger partial charge in [-0.2, -0.15) is 0 Å². The van der Waals surface area contributed by atoms with Gasteiger partial charge in [-0.25, -0.2) is 0 Å². The van der Waals surface area contributed by atoms with E-state index in [9.17, 15) is 0 Å². The highest BCUT2D eigenvalue weighted by Gasteiger charge is 2.19. The molecule has 3 nitrogen and oxygen atoms in total. The Hall–Kier alpha value is -0.420. The highest BCUT2D eigenvalue weighted by Crippen LogP contribution is 2.47. The molecule has 0 amide bonds. The summed E-state index contributed by atoms with van der Waals surface area (Å²) in [7, 11) is 3.23. The number of hydrogen-bond acceptors (Lipinski definition) is 3. The lowest BCUT2D eigenvalue weighted by molar-refractivity contribution is 0.267. The minimum absolute atomic E-state index is 0.636. The van der Waals surface area contributed by atoms with E-state index in [0.29, 0.717) is 23.9 Å². The van der Waals surface area contributed by atoms with Crippen molar-refractivity contribution in [3.8, 4) is 17.2 Å². The fourth-order valence-electron chi connectivity index (χ4n) is 1.60. The molecule has 5 heteroatoms. The number of benzene rings is 1. The first-order chi connectivity index (χ1) is 8.65. The summed E-state index contributed by atoms with van der Waals surface area (Å²) in [4.78, 5) is 0. The second-order valence-electron chi connectivity index (χ2n) is 3.79. The summed E-state index contributed by atoms with van der Waals surface area (Å²) in [5, 5.41) is 0. The standard InChI is InChI=1S/C13H18Br2O3/c1-4-5-6-7-18-13-11(16-2)9(14)8-10(15)12(13)17-3/h8H,4-7H2,1-3H3. The quantitative estimate of drug-likeness (QED) is 0.635. The van der Waals surface area contributed by atoms with Gasteiger partial charge in [0.25, 0.3) is 0 Å². The van der Waals surface area contributed by atoms with Crippen molar-refractivity contribution >= 4 is 31.9 Å². The van der Waals surface area contributed by atoms with Gasteiger partial charge in [0.05, 0.1) is 29.8 Å². The van der Waals surface area contributed by atoms with Crippen LogP contribution in [0.15, 0.2) is 15.0 Å². The van der Waals surface area contributed by atoms with E-state index >= 15 is 0 Å². The highest BCUT2D eigenvalue weighted by molar-refractivity contribution is 9.11. The number of rotatable bonds is 7. The molecule has 0 saturated carbocycles. The van der Waals surface area contributed by atoms with Gasteiger partial charge in [0.2, 0.25) is 5.75 Å². The molecule has 102 valence electrons. The largest absolute Gasteiger partial charge is 0.492 e. The van der Waals surface area contributed by atoms with Gasteiger partial charge in [-0.05, 0) is 44.3 Å².